The van der Waals surface area contributed by atoms with Crippen LogP contribution < -0.4 is 5.32 Å². The molecule has 3 aliphatic carbocycles. The summed E-state index contributed by atoms with van der Waals surface area (Å²) in [5, 5.41) is 16.5. The van der Waals surface area contributed by atoms with Crippen LogP contribution >= 0.6 is 0 Å². The van der Waals surface area contributed by atoms with Gasteiger partial charge in [-0.05, 0) is 146 Å². The fraction of sp³-hybridized carbons (Fsp3) is 0.796. The Morgan fingerprint density at radius 2 is 1.53 bits per heavy atom. The summed E-state index contributed by atoms with van der Waals surface area (Å²) >= 11 is 0. The fourth-order valence-electron chi connectivity index (χ4n) is 12.5. The van der Waals surface area contributed by atoms with Gasteiger partial charge in [0, 0.05) is 44.9 Å². The Morgan fingerprint density at radius 1 is 0.839 bits per heavy atom. The Hall–Kier alpha value is -2.46. The molecular weight excluding hydrogens is 793 g/mol. The van der Waals surface area contributed by atoms with Crippen LogP contribution in [0.5, 0.6) is 0 Å². The monoisotopic (exact) mass is 869 g/mol. The van der Waals surface area contributed by atoms with Crippen LogP contribution in [0.15, 0.2) is 29.8 Å². The number of cyclic esters (lactones) is 1. The molecule has 3 aliphatic heterocycles. The first kappa shape index (κ1) is 47.5. The van der Waals surface area contributed by atoms with Crippen molar-refractivity contribution in [3.8, 4) is 0 Å². The number of rotatable bonds is 11. The number of carbonyl (C=O) groups is 2. The number of ether oxygens (including phenoxy) is 8. The lowest BCUT2D eigenvalue weighted by Crippen LogP contribution is -2.59. The zero-order valence-electron chi connectivity index (χ0n) is 39.1. The van der Waals surface area contributed by atoms with Crippen molar-refractivity contribution in [2.45, 2.75) is 179 Å². The van der Waals surface area contributed by atoms with E-state index in [2.05, 4.69) is 76.3 Å². The van der Waals surface area contributed by atoms with Crippen LogP contribution in [0.4, 0.5) is 5.69 Å². The first-order valence-electron chi connectivity index (χ1n) is 23.5. The third-order valence-electron chi connectivity index (χ3n) is 15.4. The second kappa shape index (κ2) is 20.4. The van der Waals surface area contributed by atoms with E-state index in [1.54, 1.807) is 21.3 Å². The van der Waals surface area contributed by atoms with Crippen molar-refractivity contribution in [1.29, 1.82) is 0 Å². The summed E-state index contributed by atoms with van der Waals surface area (Å²) in [6.45, 7) is 12.2. The summed E-state index contributed by atoms with van der Waals surface area (Å²) < 4.78 is 50.3. The number of nitrogens with one attached hydrogen (secondary N) is 1. The Bertz CT molecular complexity index is 1700. The van der Waals surface area contributed by atoms with Crippen molar-refractivity contribution in [3.05, 3.63) is 41.0 Å². The van der Waals surface area contributed by atoms with Crippen LogP contribution in [-0.2, 0) is 47.5 Å². The molecule has 3 saturated heterocycles. The minimum atomic E-state index is -0.793. The van der Waals surface area contributed by atoms with Gasteiger partial charge in [0.2, 0.25) is 0 Å². The van der Waals surface area contributed by atoms with Crippen molar-refractivity contribution in [3.63, 3.8) is 0 Å². The molecule has 0 spiro atoms. The van der Waals surface area contributed by atoms with Crippen LogP contribution in [0.3, 0.4) is 0 Å². The minimum Gasteiger partial charge on any atom is -0.462 e. The molecule has 5 fully saturated rings. The number of likely N-dealkylation sites (N-methyl/N-ethyl adjacent to an activating group) is 1. The number of benzene rings is 1. The number of hydrogen-bond donors (Lipinski definition) is 2. The standard InChI is InChI=1S/C49H76N2O11/c1-12-31-14-13-15-39(62-41-17-16-38(51(7)8)28(5)58-41)27(4)44(53)37-23-34-33-21-32(61-49-48(57-11)47(56-10)46(55-9)29(6)59-49)22-36(33)45(54)43(42(34)35(37)24-40(52)60-31)50-30-19-25(2)18-26(3)20-30/h18-20,23,27-29,31-36,38-39,41-43,45-50,54H,12-17,21-22,24H2,1-11H3/t27-,28?,29?,31+,32+,33+,34+,35-,36-,38+,39+,41+,42-,43-,45-,46+,47?,48+,49+/m1/s1. The summed E-state index contributed by atoms with van der Waals surface area (Å²) in [6, 6.07) is 6.17. The van der Waals surface area contributed by atoms with Gasteiger partial charge in [-0.15, -0.1) is 0 Å². The Kier molecular flexibility index (Phi) is 15.6. The zero-order valence-corrected chi connectivity index (χ0v) is 39.1. The Morgan fingerprint density at radius 3 is 2.18 bits per heavy atom. The van der Waals surface area contributed by atoms with Gasteiger partial charge in [-0.1, -0.05) is 26.0 Å². The SMILES string of the molecule is CC[C@H]1CCC[C@H](O[C@H]2CC[C@H](N(C)C)C(C)O2)[C@@H](C)C(=O)C2=C[C@H]3[C@@H]4C[C@H](O[C@@H]5OC(C)[C@H](OC)C(OC)[C@@H]5OC)C[C@H]4[C@@H](O)[C@H](Nc4cc(C)cc(C)c4)[C@H]3[C@@H]2CC(=O)O1. The van der Waals surface area contributed by atoms with Gasteiger partial charge < -0.3 is 53.2 Å². The number of aliphatic hydroxyl groups is 1. The van der Waals surface area contributed by atoms with E-state index in [-0.39, 0.29) is 78.5 Å². The molecule has 0 aromatic heterocycles. The summed E-state index contributed by atoms with van der Waals surface area (Å²) in [7, 11) is 9.08. The number of carbonyl (C=O) groups excluding carboxylic acids is 2. The first-order chi connectivity index (χ1) is 29.6. The number of anilines is 1. The predicted molar refractivity (Wildman–Crippen MR) is 234 cm³/mol. The predicted octanol–water partition coefficient (Wildman–Crippen LogP) is 6.39. The topological polar surface area (TPSA) is 143 Å². The van der Waals surface area contributed by atoms with Gasteiger partial charge >= 0.3 is 5.97 Å². The molecule has 1 aromatic rings. The van der Waals surface area contributed by atoms with Crippen LogP contribution in [0.25, 0.3) is 0 Å². The van der Waals surface area contributed by atoms with E-state index in [9.17, 15) is 9.90 Å². The Balaban J connectivity index is 1.22. The maximum absolute atomic E-state index is 15.2. The molecule has 348 valence electrons. The highest BCUT2D eigenvalue weighted by Gasteiger charge is 2.60. The number of hydrogen-bond acceptors (Lipinski definition) is 13. The van der Waals surface area contributed by atoms with Gasteiger partial charge in [-0.3, -0.25) is 9.59 Å². The molecule has 2 saturated carbocycles. The summed E-state index contributed by atoms with van der Waals surface area (Å²) in [4.78, 5) is 31.5. The van der Waals surface area contributed by atoms with Crippen LogP contribution in [0.2, 0.25) is 0 Å². The maximum Gasteiger partial charge on any atom is 0.306 e. The number of fused-ring (bicyclic) bond motifs is 5. The lowest BCUT2D eigenvalue weighted by atomic mass is 9.62. The number of methoxy groups -OCH3 is 3. The molecule has 0 radical (unpaired) electrons. The lowest BCUT2D eigenvalue weighted by Gasteiger charge is -2.48. The number of aliphatic hydroxyl groups excluding tert-OH is 1. The molecule has 62 heavy (non-hydrogen) atoms. The molecule has 19 atom stereocenters. The molecular formula is C49H76N2O11. The van der Waals surface area contributed by atoms with Gasteiger partial charge in [-0.2, -0.15) is 0 Å². The molecule has 13 heteroatoms. The van der Waals surface area contributed by atoms with Crippen LogP contribution in [0, 0.1) is 49.4 Å². The molecule has 0 bridgehead atoms. The Labute approximate surface area is 370 Å². The second-order valence-corrected chi connectivity index (χ2v) is 19.6. The number of allylic oxidation sites excluding steroid dienone is 2. The smallest absolute Gasteiger partial charge is 0.306 e. The molecule has 13 nitrogen and oxygen atoms in total. The molecule has 1 aromatic carbocycles. The van der Waals surface area contributed by atoms with Crippen molar-refractivity contribution in [1.82, 2.24) is 4.90 Å². The summed E-state index contributed by atoms with van der Waals surface area (Å²) in [6.07, 6.45) is 3.60. The van der Waals surface area contributed by atoms with Crippen LogP contribution in [-0.4, -0.2) is 137 Å². The van der Waals surface area contributed by atoms with E-state index in [1.165, 1.54) is 0 Å². The van der Waals surface area contributed by atoms with E-state index < -0.39 is 48.8 Å². The summed E-state index contributed by atoms with van der Waals surface area (Å²) in [5.41, 5.74) is 3.77. The van der Waals surface area contributed by atoms with E-state index in [1.807, 2.05) is 13.8 Å². The number of ketones is 1. The normalized spacial score (nSPS) is 42.9. The maximum atomic E-state index is 15.2. The third-order valence-corrected chi connectivity index (χ3v) is 15.4. The van der Waals surface area contributed by atoms with Gasteiger partial charge in [0.1, 0.15) is 24.4 Å². The quantitative estimate of drug-likeness (QED) is 0.238. The van der Waals surface area contributed by atoms with Crippen molar-refractivity contribution < 1.29 is 52.6 Å². The van der Waals surface area contributed by atoms with E-state index >= 15 is 4.79 Å². The lowest BCUT2D eigenvalue weighted by molar-refractivity contribution is -0.314. The molecule has 0 amide bonds. The highest BCUT2D eigenvalue weighted by molar-refractivity contribution is 5.99. The van der Waals surface area contributed by atoms with Gasteiger partial charge in [0.15, 0.2) is 18.4 Å². The fourth-order valence-corrected chi connectivity index (χ4v) is 12.5. The average Bonchev–Trinajstić information content (AvgIpc) is 3.81. The molecule has 3 heterocycles. The zero-order chi connectivity index (χ0) is 44.6. The number of Topliss-reactive ketones (excluding diaryl/α,β-unsaturated/α-hetero) is 1. The number of aryl methyl sites for hydroxylation is 2. The van der Waals surface area contributed by atoms with Crippen molar-refractivity contribution in [2.75, 3.05) is 40.7 Å². The van der Waals surface area contributed by atoms with Crippen molar-refractivity contribution in [2.24, 2.45) is 35.5 Å². The number of nitrogens with zero attached hydrogens (tertiary/aromatic N) is 1. The molecule has 3 unspecified atom stereocenters. The van der Waals surface area contributed by atoms with Crippen molar-refractivity contribution >= 4 is 17.4 Å². The highest BCUT2D eigenvalue weighted by Crippen LogP contribution is 2.57. The first-order valence-corrected chi connectivity index (χ1v) is 23.5. The summed E-state index contributed by atoms with van der Waals surface area (Å²) in [5.74, 6) is -1.80. The third kappa shape index (κ3) is 9.87. The van der Waals surface area contributed by atoms with Gasteiger partial charge in [0.05, 0.1) is 43.0 Å². The molecule has 6 aliphatic rings. The van der Waals surface area contributed by atoms with E-state index in [0.717, 1.165) is 36.1 Å². The van der Waals surface area contributed by atoms with Crippen LogP contribution in [0.1, 0.15) is 96.6 Å². The van der Waals surface area contributed by atoms with Gasteiger partial charge in [-0.25, -0.2) is 0 Å². The largest absolute Gasteiger partial charge is 0.462 e. The average molecular weight is 869 g/mol. The second-order valence-electron chi connectivity index (χ2n) is 19.6. The van der Waals surface area contributed by atoms with E-state index in [4.69, 9.17) is 37.9 Å². The number of esters is 1. The van der Waals surface area contributed by atoms with Gasteiger partial charge in [0.25, 0.3) is 0 Å². The highest BCUT2D eigenvalue weighted by atomic mass is 16.7. The minimum absolute atomic E-state index is 0.00216. The van der Waals surface area contributed by atoms with E-state index in [0.29, 0.717) is 43.7 Å². The molecule has 7 rings (SSSR count). The molecule has 2 N–H and O–H groups in total.